The van der Waals surface area contributed by atoms with Crippen molar-refractivity contribution in [3.63, 3.8) is 0 Å². The van der Waals surface area contributed by atoms with Crippen LogP contribution in [0.4, 0.5) is 0 Å². The van der Waals surface area contributed by atoms with E-state index in [1.165, 1.54) is 17.4 Å². The Kier molecular flexibility index (Phi) is 5.11. The van der Waals surface area contributed by atoms with Gasteiger partial charge in [-0.1, -0.05) is 12.1 Å². The minimum atomic E-state index is -3.39. The molecule has 0 N–H and O–H groups in total. The first-order chi connectivity index (χ1) is 11.9. The van der Waals surface area contributed by atoms with Crippen LogP contribution in [-0.4, -0.2) is 32.0 Å². The average Bonchev–Trinajstić information content (AvgIpc) is 3.41. The van der Waals surface area contributed by atoms with E-state index in [4.69, 9.17) is 4.74 Å². The van der Waals surface area contributed by atoms with Crippen LogP contribution in [0.5, 0.6) is 0 Å². The van der Waals surface area contributed by atoms with E-state index in [1.807, 2.05) is 6.07 Å². The molecular weight excluding hydrogens is 338 g/mol. The molecule has 0 bridgehead atoms. The average molecular weight is 361 g/mol. The molecule has 0 unspecified atom stereocenters. The summed E-state index contributed by atoms with van der Waals surface area (Å²) in [4.78, 5) is 12.1. The lowest BCUT2D eigenvalue weighted by molar-refractivity contribution is 0.138. The van der Waals surface area contributed by atoms with E-state index in [1.54, 1.807) is 44.4 Å². The zero-order chi connectivity index (χ0) is 18.0. The molecule has 0 amide bonds. The smallest absolute Gasteiger partial charge is 0.253 e. The summed E-state index contributed by atoms with van der Waals surface area (Å²) in [7, 11) is -1.70. The topological polar surface area (TPSA) is 65.4 Å². The zero-order valence-corrected chi connectivity index (χ0v) is 15.4. The number of benzene rings is 1. The van der Waals surface area contributed by atoms with Gasteiger partial charge in [0.05, 0.1) is 17.3 Å². The molecular formula is C19H23NO4S. The van der Waals surface area contributed by atoms with Gasteiger partial charge in [-0.25, -0.2) is 8.42 Å². The van der Waals surface area contributed by atoms with Crippen LogP contribution in [0.1, 0.15) is 18.4 Å². The normalized spacial score (nSPS) is 14.6. The third-order valence-electron chi connectivity index (χ3n) is 4.44. The standard InChI is InChI=1S/C19H23NO4S/c1-14-10-17(12-20(2)19(14)21)16-4-3-5-18(11-16)25(22,23)9-8-24-13-15-6-7-15/h3-5,10-12,15H,6-9,13H2,1-2H3. The van der Waals surface area contributed by atoms with Crippen molar-refractivity contribution in [1.82, 2.24) is 4.57 Å². The van der Waals surface area contributed by atoms with Crippen LogP contribution in [-0.2, 0) is 21.6 Å². The maximum Gasteiger partial charge on any atom is 0.253 e. The van der Waals surface area contributed by atoms with Gasteiger partial charge in [0.25, 0.3) is 5.56 Å². The molecule has 1 fully saturated rings. The summed E-state index contributed by atoms with van der Waals surface area (Å²) in [5.74, 6) is 0.606. The summed E-state index contributed by atoms with van der Waals surface area (Å²) in [6.45, 7) is 2.64. The number of hydrogen-bond donors (Lipinski definition) is 0. The number of nitrogens with zero attached hydrogens (tertiary/aromatic N) is 1. The minimum Gasteiger partial charge on any atom is -0.380 e. The fraction of sp³-hybridized carbons (Fsp3) is 0.421. The first-order valence-corrected chi connectivity index (χ1v) is 10.1. The summed E-state index contributed by atoms with van der Waals surface area (Å²) >= 11 is 0. The summed E-state index contributed by atoms with van der Waals surface area (Å²) < 4.78 is 32.0. The van der Waals surface area contributed by atoms with Gasteiger partial charge in [-0.05, 0) is 55.0 Å². The van der Waals surface area contributed by atoms with Crippen molar-refractivity contribution in [3.8, 4) is 11.1 Å². The molecule has 5 nitrogen and oxygen atoms in total. The molecule has 0 atom stereocenters. The Hall–Kier alpha value is -1.92. The van der Waals surface area contributed by atoms with E-state index in [0.717, 1.165) is 11.1 Å². The highest BCUT2D eigenvalue weighted by molar-refractivity contribution is 7.91. The lowest BCUT2D eigenvalue weighted by Crippen LogP contribution is -2.18. The molecule has 134 valence electrons. The molecule has 0 aliphatic heterocycles. The van der Waals surface area contributed by atoms with Crippen molar-refractivity contribution in [3.05, 3.63) is 52.4 Å². The third-order valence-corrected chi connectivity index (χ3v) is 6.11. The van der Waals surface area contributed by atoms with Gasteiger partial charge in [-0.2, -0.15) is 0 Å². The van der Waals surface area contributed by atoms with Gasteiger partial charge in [-0.3, -0.25) is 4.79 Å². The van der Waals surface area contributed by atoms with Crippen LogP contribution in [0.2, 0.25) is 0 Å². The molecule has 1 aromatic carbocycles. The molecule has 25 heavy (non-hydrogen) atoms. The number of ether oxygens (including phenoxy) is 1. The second-order valence-electron chi connectivity index (χ2n) is 6.69. The number of hydrogen-bond acceptors (Lipinski definition) is 4. The first kappa shape index (κ1) is 17.9. The molecule has 0 saturated heterocycles. The maximum atomic E-state index is 12.5. The quantitative estimate of drug-likeness (QED) is 0.711. The van der Waals surface area contributed by atoms with E-state index >= 15 is 0 Å². The molecule has 0 spiro atoms. The predicted octanol–water partition coefficient (Wildman–Crippen LogP) is 2.56. The lowest BCUT2D eigenvalue weighted by atomic mass is 10.1. The molecule has 1 aromatic heterocycles. The Balaban J connectivity index is 1.79. The summed E-state index contributed by atoms with van der Waals surface area (Å²) in [6, 6.07) is 8.63. The Morgan fingerprint density at radius 3 is 2.64 bits per heavy atom. The highest BCUT2D eigenvalue weighted by Crippen LogP contribution is 2.29. The minimum absolute atomic E-state index is 0.0184. The predicted molar refractivity (Wildman–Crippen MR) is 97.5 cm³/mol. The summed E-state index contributed by atoms with van der Waals surface area (Å²) in [6.07, 6.45) is 4.10. The van der Waals surface area contributed by atoms with E-state index in [0.29, 0.717) is 18.1 Å². The van der Waals surface area contributed by atoms with Gasteiger partial charge in [0.2, 0.25) is 0 Å². The van der Waals surface area contributed by atoms with Gasteiger partial charge < -0.3 is 9.30 Å². The number of aromatic nitrogens is 1. The molecule has 3 rings (SSSR count). The molecule has 0 radical (unpaired) electrons. The number of pyridine rings is 1. The molecule has 6 heteroatoms. The third kappa shape index (κ3) is 4.38. The van der Waals surface area contributed by atoms with Gasteiger partial charge in [0.1, 0.15) is 0 Å². The van der Waals surface area contributed by atoms with E-state index in [-0.39, 0.29) is 22.8 Å². The van der Waals surface area contributed by atoms with Crippen LogP contribution >= 0.6 is 0 Å². The van der Waals surface area contributed by atoms with Crippen molar-refractivity contribution in [2.24, 2.45) is 13.0 Å². The maximum absolute atomic E-state index is 12.5. The Bertz CT molecular complexity index is 900. The summed E-state index contributed by atoms with van der Waals surface area (Å²) in [5.41, 5.74) is 2.17. The van der Waals surface area contributed by atoms with Crippen molar-refractivity contribution >= 4 is 9.84 Å². The van der Waals surface area contributed by atoms with Crippen molar-refractivity contribution in [2.45, 2.75) is 24.7 Å². The fourth-order valence-electron chi connectivity index (χ4n) is 2.73. The first-order valence-electron chi connectivity index (χ1n) is 8.45. The van der Waals surface area contributed by atoms with Gasteiger partial charge in [0.15, 0.2) is 9.84 Å². The van der Waals surface area contributed by atoms with Crippen LogP contribution in [0.15, 0.2) is 46.2 Å². The van der Waals surface area contributed by atoms with E-state index < -0.39 is 9.84 Å². The van der Waals surface area contributed by atoms with Crippen molar-refractivity contribution in [2.75, 3.05) is 19.0 Å². The molecule has 1 aliphatic carbocycles. The lowest BCUT2D eigenvalue weighted by Gasteiger charge is -2.09. The highest BCUT2D eigenvalue weighted by Gasteiger charge is 2.22. The second kappa shape index (κ2) is 7.14. The Labute approximate surface area is 148 Å². The highest BCUT2D eigenvalue weighted by atomic mass is 32.2. The van der Waals surface area contributed by atoms with Crippen LogP contribution < -0.4 is 5.56 Å². The second-order valence-corrected chi connectivity index (χ2v) is 8.80. The van der Waals surface area contributed by atoms with Crippen molar-refractivity contribution < 1.29 is 13.2 Å². The fourth-order valence-corrected chi connectivity index (χ4v) is 3.89. The monoisotopic (exact) mass is 361 g/mol. The number of aryl methyl sites for hydroxylation is 2. The number of rotatable bonds is 7. The molecule has 2 aromatic rings. The van der Waals surface area contributed by atoms with Crippen LogP contribution in [0.3, 0.4) is 0 Å². The zero-order valence-electron chi connectivity index (χ0n) is 14.6. The van der Waals surface area contributed by atoms with E-state index in [2.05, 4.69) is 0 Å². The number of sulfone groups is 1. The summed E-state index contributed by atoms with van der Waals surface area (Å²) in [5, 5.41) is 0. The van der Waals surface area contributed by atoms with Gasteiger partial charge >= 0.3 is 0 Å². The van der Waals surface area contributed by atoms with Gasteiger partial charge in [-0.15, -0.1) is 0 Å². The molecule has 1 saturated carbocycles. The SMILES string of the molecule is Cc1cc(-c2cccc(S(=O)(=O)CCOCC3CC3)c2)cn(C)c1=O. The molecule has 1 heterocycles. The van der Waals surface area contributed by atoms with Crippen LogP contribution in [0.25, 0.3) is 11.1 Å². The van der Waals surface area contributed by atoms with Gasteiger partial charge in [0, 0.05) is 25.4 Å². The van der Waals surface area contributed by atoms with E-state index in [9.17, 15) is 13.2 Å². The van der Waals surface area contributed by atoms with Crippen LogP contribution in [0, 0.1) is 12.8 Å². The van der Waals surface area contributed by atoms with Crippen molar-refractivity contribution in [1.29, 1.82) is 0 Å². The Morgan fingerprint density at radius 1 is 1.20 bits per heavy atom. The Morgan fingerprint density at radius 2 is 1.96 bits per heavy atom. The largest absolute Gasteiger partial charge is 0.380 e. The molecule has 1 aliphatic rings.